The molecule has 0 spiro atoms. The highest BCUT2D eigenvalue weighted by Crippen LogP contribution is 2.45. The van der Waals surface area contributed by atoms with Gasteiger partial charge < -0.3 is 10.2 Å². The van der Waals surface area contributed by atoms with Gasteiger partial charge in [-0.2, -0.15) is 5.10 Å². The molecule has 4 aromatic rings. The van der Waals surface area contributed by atoms with Gasteiger partial charge >= 0.3 is 0 Å². The van der Waals surface area contributed by atoms with E-state index in [0.717, 1.165) is 37.1 Å². The van der Waals surface area contributed by atoms with Gasteiger partial charge in [0, 0.05) is 36.1 Å². The Labute approximate surface area is 193 Å². The number of benzene rings is 1. The van der Waals surface area contributed by atoms with Crippen molar-refractivity contribution in [2.45, 2.75) is 39.8 Å². The fraction of sp³-hybridized carbons (Fsp3) is 0.304. The van der Waals surface area contributed by atoms with E-state index in [1.54, 1.807) is 35.2 Å². The summed E-state index contributed by atoms with van der Waals surface area (Å²) in [6.45, 7) is 6.83. The molecule has 0 atom stereocenters. The molecule has 0 aliphatic carbocycles. The van der Waals surface area contributed by atoms with Gasteiger partial charge in [0.25, 0.3) is 5.91 Å². The molecule has 1 N–H and O–H groups in total. The molecule has 0 saturated heterocycles. The van der Waals surface area contributed by atoms with Crippen LogP contribution in [-0.2, 0) is 17.8 Å². The van der Waals surface area contributed by atoms with Crippen molar-refractivity contribution < 1.29 is 9.59 Å². The van der Waals surface area contributed by atoms with Gasteiger partial charge in [0.1, 0.15) is 15.7 Å². The summed E-state index contributed by atoms with van der Waals surface area (Å²) in [5, 5.41) is 9.10. The number of para-hydroxylation sites is 1. The third-order valence-electron chi connectivity index (χ3n) is 5.63. The van der Waals surface area contributed by atoms with Gasteiger partial charge in [0.15, 0.2) is 0 Å². The molecule has 3 aromatic heterocycles. The van der Waals surface area contributed by atoms with E-state index in [1.807, 2.05) is 36.9 Å². The summed E-state index contributed by atoms with van der Waals surface area (Å²) in [5.74, 6) is -0.127. The number of amides is 2. The number of nitrogens with one attached hydrogen (secondary N) is 1. The molecule has 0 saturated carbocycles. The van der Waals surface area contributed by atoms with Gasteiger partial charge in [-0.15, -0.1) is 22.7 Å². The van der Waals surface area contributed by atoms with Crippen molar-refractivity contribution >= 4 is 49.7 Å². The van der Waals surface area contributed by atoms with Crippen LogP contribution in [0.2, 0.25) is 0 Å². The Morgan fingerprint density at radius 2 is 1.97 bits per heavy atom. The van der Waals surface area contributed by atoms with Gasteiger partial charge in [0.05, 0.1) is 16.8 Å². The summed E-state index contributed by atoms with van der Waals surface area (Å²) in [7, 11) is 0. The minimum atomic E-state index is -0.194. The molecule has 7 nitrogen and oxygen atoms in total. The van der Waals surface area contributed by atoms with Crippen molar-refractivity contribution in [3.05, 3.63) is 52.7 Å². The second-order valence-electron chi connectivity index (χ2n) is 8.09. The van der Waals surface area contributed by atoms with Crippen molar-refractivity contribution in [3.63, 3.8) is 0 Å². The maximum absolute atomic E-state index is 13.2. The molecule has 0 unspecified atom stereocenters. The molecular weight excluding hydrogens is 442 g/mol. The second-order valence-corrected chi connectivity index (χ2v) is 10.2. The summed E-state index contributed by atoms with van der Waals surface area (Å²) in [4.78, 5) is 33.0. The van der Waals surface area contributed by atoms with Crippen LogP contribution in [0.4, 0.5) is 5.00 Å². The summed E-state index contributed by atoms with van der Waals surface area (Å²) < 4.78 is 2.83. The molecule has 164 valence electrons. The van der Waals surface area contributed by atoms with Crippen molar-refractivity contribution in [1.82, 2.24) is 19.7 Å². The average Bonchev–Trinajstić information content (AvgIpc) is 3.48. The van der Waals surface area contributed by atoms with E-state index >= 15 is 0 Å². The summed E-state index contributed by atoms with van der Waals surface area (Å²) >= 11 is 3.17. The molecule has 0 bridgehead atoms. The highest BCUT2D eigenvalue weighted by atomic mass is 32.1. The number of carbonyl (C=O) groups excluding carboxylic acids is 2. The quantitative estimate of drug-likeness (QED) is 0.462. The molecule has 1 aliphatic rings. The summed E-state index contributed by atoms with van der Waals surface area (Å²) in [6.07, 6.45) is 2.39. The van der Waals surface area contributed by atoms with Crippen LogP contribution in [0.3, 0.4) is 0 Å². The van der Waals surface area contributed by atoms with Crippen LogP contribution in [-0.4, -0.2) is 38.0 Å². The lowest BCUT2D eigenvalue weighted by molar-refractivity contribution is -0.129. The smallest absolute Gasteiger partial charge is 0.274 e. The summed E-state index contributed by atoms with van der Waals surface area (Å²) in [5.41, 5.74) is 3.63. The number of thiazole rings is 1. The maximum atomic E-state index is 13.2. The molecule has 1 aromatic carbocycles. The minimum absolute atomic E-state index is 0.0667. The van der Waals surface area contributed by atoms with Gasteiger partial charge in [-0.25, -0.2) is 4.98 Å². The maximum Gasteiger partial charge on any atom is 0.274 e. The van der Waals surface area contributed by atoms with Crippen LogP contribution in [0.5, 0.6) is 0 Å². The highest BCUT2D eigenvalue weighted by molar-refractivity contribution is 7.23. The number of carbonyl (C=O) groups is 2. The number of nitrogens with zero attached hydrogens (tertiary/aromatic N) is 4. The van der Waals surface area contributed by atoms with Gasteiger partial charge in [-0.05, 0) is 44.0 Å². The largest absolute Gasteiger partial charge is 0.337 e. The molecule has 5 rings (SSSR count). The van der Waals surface area contributed by atoms with Crippen molar-refractivity contribution in [2.75, 3.05) is 11.9 Å². The van der Waals surface area contributed by atoms with E-state index in [9.17, 15) is 9.59 Å². The molecular formula is C23H23N5O2S2. The number of hydrogen-bond acceptors (Lipinski definition) is 6. The number of aromatic nitrogens is 3. The monoisotopic (exact) mass is 465 g/mol. The van der Waals surface area contributed by atoms with Crippen molar-refractivity contribution in [3.8, 4) is 10.6 Å². The van der Waals surface area contributed by atoms with Gasteiger partial charge in [0.2, 0.25) is 5.91 Å². The Morgan fingerprint density at radius 3 is 2.72 bits per heavy atom. The van der Waals surface area contributed by atoms with Crippen molar-refractivity contribution in [2.24, 2.45) is 0 Å². The van der Waals surface area contributed by atoms with E-state index < -0.39 is 0 Å². The number of anilines is 1. The van der Waals surface area contributed by atoms with Crippen LogP contribution in [0.15, 0.2) is 36.5 Å². The zero-order valence-corrected chi connectivity index (χ0v) is 19.7. The molecule has 0 fully saturated rings. The number of rotatable bonds is 4. The number of fused-ring (bicyclic) bond motifs is 2. The van der Waals surface area contributed by atoms with Crippen molar-refractivity contribution in [1.29, 1.82) is 0 Å². The third kappa shape index (κ3) is 3.61. The van der Waals surface area contributed by atoms with Crippen LogP contribution >= 0.6 is 22.7 Å². The van der Waals surface area contributed by atoms with Gasteiger partial charge in [-0.3, -0.25) is 14.3 Å². The summed E-state index contributed by atoms with van der Waals surface area (Å²) in [6, 6.07) is 9.87. The van der Waals surface area contributed by atoms with E-state index in [4.69, 9.17) is 4.98 Å². The van der Waals surface area contributed by atoms with E-state index in [2.05, 4.69) is 16.5 Å². The molecule has 0 radical (unpaired) electrons. The fourth-order valence-corrected chi connectivity index (χ4v) is 6.41. The second kappa shape index (κ2) is 8.14. The number of hydrogen-bond donors (Lipinski definition) is 1. The first kappa shape index (κ1) is 20.8. The highest BCUT2D eigenvalue weighted by Gasteiger charge is 2.29. The lowest BCUT2D eigenvalue weighted by Gasteiger charge is -2.26. The Morgan fingerprint density at radius 1 is 1.16 bits per heavy atom. The first-order valence-corrected chi connectivity index (χ1v) is 12.2. The Hall–Kier alpha value is -3.04. The molecule has 2 amide bonds. The van der Waals surface area contributed by atoms with E-state index in [0.29, 0.717) is 18.8 Å². The van der Waals surface area contributed by atoms with E-state index in [-0.39, 0.29) is 17.9 Å². The molecule has 4 heterocycles. The van der Waals surface area contributed by atoms with Crippen LogP contribution in [0.1, 0.15) is 47.7 Å². The van der Waals surface area contributed by atoms with E-state index in [1.165, 1.54) is 16.9 Å². The number of thiophene rings is 1. The van der Waals surface area contributed by atoms with Gasteiger partial charge in [-0.1, -0.05) is 12.1 Å². The minimum Gasteiger partial charge on any atom is -0.337 e. The predicted octanol–water partition coefficient (Wildman–Crippen LogP) is 4.96. The zero-order chi connectivity index (χ0) is 22.4. The lowest BCUT2D eigenvalue weighted by Crippen LogP contribution is -2.33. The first-order valence-electron chi connectivity index (χ1n) is 10.5. The average molecular weight is 466 g/mol. The molecule has 9 heteroatoms. The fourth-order valence-electron chi connectivity index (χ4n) is 4.04. The molecule has 32 heavy (non-hydrogen) atoms. The third-order valence-corrected chi connectivity index (χ3v) is 7.82. The van der Waals surface area contributed by atoms with Crippen LogP contribution in [0.25, 0.3) is 20.8 Å². The van der Waals surface area contributed by atoms with Crippen LogP contribution in [0, 0.1) is 0 Å². The molecule has 1 aliphatic heterocycles. The lowest BCUT2D eigenvalue weighted by atomic mass is 10.0. The SMILES string of the molecule is CC(=O)N1CCc2c(sc(NC(=O)c3ccnn3C(C)C)c2-c2nc3ccccc3s2)C1. The Bertz CT molecular complexity index is 1300. The first-order chi connectivity index (χ1) is 15.4. The predicted molar refractivity (Wildman–Crippen MR) is 128 cm³/mol. The normalized spacial score (nSPS) is 13.6. The zero-order valence-electron chi connectivity index (χ0n) is 18.1. The van der Waals surface area contributed by atoms with Crippen LogP contribution < -0.4 is 5.32 Å². The Kier molecular flexibility index (Phi) is 5.30. The topological polar surface area (TPSA) is 80.1 Å². The standard InChI is InChI=1S/C23H23N5O2S2/c1-13(2)28-17(8-10-24-28)21(30)26-23-20(22-25-16-6-4-5-7-18(16)31-22)15-9-11-27(14(3)29)12-19(15)32-23/h4-8,10,13H,9,11-12H2,1-3H3,(H,26,30). The Balaban J connectivity index is 1.59.